The van der Waals surface area contributed by atoms with Gasteiger partial charge in [0, 0.05) is 11.6 Å². The highest BCUT2D eigenvalue weighted by Crippen LogP contribution is 2.17. The molecule has 2 rings (SSSR count). The molecule has 0 aromatic heterocycles. The van der Waals surface area contributed by atoms with Crippen LogP contribution in [0.4, 0.5) is 14.5 Å². The third-order valence-electron chi connectivity index (χ3n) is 2.31. The molecule has 0 saturated carbocycles. The molecule has 1 amide bonds. The number of carbonyl (C=O) groups excluding carboxylic acids is 1. The van der Waals surface area contributed by atoms with Gasteiger partial charge in [-0.1, -0.05) is 0 Å². The smallest absolute Gasteiger partial charge is 0.255 e. The number of rotatable bonds is 2. The maximum Gasteiger partial charge on any atom is 0.255 e. The van der Waals surface area contributed by atoms with Gasteiger partial charge in [0.1, 0.15) is 17.4 Å². The van der Waals surface area contributed by atoms with Gasteiger partial charge < -0.3 is 10.4 Å². The zero-order valence-electron chi connectivity index (χ0n) is 9.15. The van der Waals surface area contributed by atoms with Gasteiger partial charge in [-0.25, -0.2) is 8.78 Å². The minimum atomic E-state index is -0.719. The summed E-state index contributed by atoms with van der Waals surface area (Å²) >= 11 is 0. The van der Waals surface area contributed by atoms with Gasteiger partial charge in [-0.3, -0.25) is 4.79 Å². The standard InChI is InChI=1S/C13H9F2NO2/c14-9-3-6-11(15)12(7-9)16-13(18)8-1-4-10(17)5-2-8/h1-7,17H,(H,16,18). The molecule has 2 aromatic carbocycles. The summed E-state index contributed by atoms with van der Waals surface area (Å²) in [5.41, 5.74) is 0.00420. The predicted octanol–water partition coefficient (Wildman–Crippen LogP) is 2.92. The number of hydrogen-bond acceptors (Lipinski definition) is 2. The number of nitrogens with one attached hydrogen (secondary N) is 1. The number of anilines is 1. The molecule has 2 aromatic rings. The van der Waals surface area contributed by atoms with Gasteiger partial charge in [-0.2, -0.15) is 0 Å². The lowest BCUT2D eigenvalue weighted by molar-refractivity contribution is 0.102. The first-order valence-corrected chi connectivity index (χ1v) is 5.12. The zero-order valence-corrected chi connectivity index (χ0v) is 9.15. The Balaban J connectivity index is 2.21. The molecule has 0 aliphatic carbocycles. The molecule has 3 nitrogen and oxygen atoms in total. The van der Waals surface area contributed by atoms with Crippen molar-refractivity contribution in [3.05, 3.63) is 59.7 Å². The molecule has 2 N–H and O–H groups in total. The lowest BCUT2D eigenvalue weighted by atomic mass is 10.2. The Bertz CT molecular complexity index is 582. The molecule has 0 radical (unpaired) electrons. The summed E-state index contributed by atoms with van der Waals surface area (Å²) in [7, 11) is 0. The SMILES string of the molecule is O=C(Nc1cc(F)ccc1F)c1ccc(O)cc1. The first kappa shape index (κ1) is 12.0. The van der Waals surface area contributed by atoms with Crippen molar-refractivity contribution in [2.45, 2.75) is 0 Å². The molecule has 0 aliphatic heterocycles. The minimum Gasteiger partial charge on any atom is -0.508 e. The number of hydrogen-bond donors (Lipinski definition) is 2. The fourth-order valence-corrected chi connectivity index (χ4v) is 1.40. The number of halogens is 2. The van der Waals surface area contributed by atoms with Crippen molar-refractivity contribution in [3.8, 4) is 5.75 Å². The molecule has 0 bridgehead atoms. The molecular weight excluding hydrogens is 240 g/mol. The van der Waals surface area contributed by atoms with Crippen LogP contribution in [0, 0.1) is 11.6 Å². The maximum atomic E-state index is 13.3. The molecule has 5 heteroatoms. The van der Waals surface area contributed by atoms with Crippen LogP contribution in [0.15, 0.2) is 42.5 Å². The number of benzene rings is 2. The Morgan fingerprint density at radius 3 is 2.39 bits per heavy atom. The van der Waals surface area contributed by atoms with Crippen LogP contribution in [-0.2, 0) is 0 Å². The van der Waals surface area contributed by atoms with Gasteiger partial charge in [-0.15, -0.1) is 0 Å². The van der Waals surface area contributed by atoms with Crippen molar-refractivity contribution in [1.82, 2.24) is 0 Å². The van der Waals surface area contributed by atoms with Crippen molar-refractivity contribution >= 4 is 11.6 Å². The van der Waals surface area contributed by atoms with Crippen LogP contribution in [0.25, 0.3) is 0 Å². The van der Waals surface area contributed by atoms with E-state index in [9.17, 15) is 13.6 Å². The molecule has 0 saturated heterocycles. The summed E-state index contributed by atoms with van der Waals surface area (Å²) in [6, 6.07) is 8.21. The van der Waals surface area contributed by atoms with Gasteiger partial charge in [0.25, 0.3) is 5.91 Å². The van der Waals surface area contributed by atoms with Crippen molar-refractivity contribution < 1.29 is 18.7 Å². The molecule has 0 atom stereocenters. The highest BCUT2D eigenvalue weighted by atomic mass is 19.1. The van der Waals surface area contributed by atoms with E-state index in [-0.39, 0.29) is 17.0 Å². The number of aromatic hydroxyl groups is 1. The second-order valence-electron chi connectivity index (χ2n) is 3.63. The van der Waals surface area contributed by atoms with E-state index < -0.39 is 17.5 Å². The lowest BCUT2D eigenvalue weighted by Crippen LogP contribution is -2.13. The molecule has 0 spiro atoms. The van der Waals surface area contributed by atoms with E-state index in [1.807, 2.05) is 0 Å². The van der Waals surface area contributed by atoms with Gasteiger partial charge >= 0.3 is 0 Å². The second-order valence-corrected chi connectivity index (χ2v) is 3.63. The van der Waals surface area contributed by atoms with Crippen LogP contribution < -0.4 is 5.32 Å². The van der Waals surface area contributed by atoms with Crippen molar-refractivity contribution in [2.75, 3.05) is 5.32 Å². The molecular formula is C13H9F2NO2. The Kier molecular flexibility index (Phi) is 3.23. The predicted molar refractivity (Wildman–Crippen MR) is 62.4 cm³/mol. The Morgan fingerprint density at radius 1 is 1.06 bits per heavy atom. The van der Waals surface area contributed by atoms with E-state index in [0.29, 0.717) is 0 Å². The number of phenols is 1. The largest absolute Gasteiger partial charge is 0.508 e. The summed E-state index contributed by atoms with van der Waals surface area (Å²) in [5, 5.41) is 11.3. The summed E-state index contributed by atoms with van der Waals surface area (Å²) < 4.78 is 26.2. The van der Waals surface area contributed by atoms with E-state index >= 15 is 0 Å². The lowest BCUT2D eigenvalue weighted by Gasteiger charge is -2.06. The second kappa shape index (κ2) is 4.83. The van der Waals surface area contributed by atoms with Crippen molar-refractivity contribution in [3.63, 3.8) is 0 Å². The highest BCUT2D eigenvalue weighted by molar-refractivity contribution is 6.04. The maximum absolute atomic E-state index is 13.3. The van der Waals surface area contributed by atoms with Crippen LogP contribution >= 0.6 is 0 Å². The van der Waals surface area contributed by atoms with E-state index in [1.165, 1.54) is 24.3 Å². The van der Waals surface area contributed by atoms with Crippen LogP contribution in [0.1, 0.15) is 10.4 Å². The van der Waals surface area contributed by atoms with Crippen LogP contribution in [-0.4, -0.2) is 11.0 Å². The van der Waals surface area contributed by atoms with Crippen molar-refractivity contribution in [2.24, 2.45) is 0 Å². The summed E-state index contributed by atoms with van der Waals surface area (Å²) in [4.78, 5) is 11.7. The van der Waals surface area contributed by atoms with Gasteiger partial charge in [-0.05, 0) is 36.4 Å². The van der Waals surface area contributed by atoms with Gasteiger partial charge in [0.15, 0.2) is 0 Å². The van der Waals surface area contributed by atoms with E-state index in [1.54, 1.807) is 0 Å². The van der Waals surface area contributed by atoms with Crippen LogP contribution in [0.2, 0.25) is 0 Å². The first-order valence-electron chi connectivity index (χ1n) is 5.12. The number of amides is 1. The highest BCUT2D eigenvalue weighted by Gasteiger charge is 2.10. The summed E-state index contributed by atoms with van der Waals surface area (Å²) in [6.07, 6.45) is 0. The third kappa shape index (κ3) is 2.63. The number of phenolic OH excluding ortho intramolecular Hbond substituents is 1. The first-order chi connectivity index (χ1) is 8.56. The van der Waals surface area contributed by atoms with Crippen molar-refractivity contribution in [1.29, 1.82) is 0 Å². The Morgan fingerprint density at radius 2 is 1.72 bits per heavy atom. The fraction of sp³-hybridized carbons (Fsp3) is 0. The topological polar surface area (TPSA) is 49.3 Å². The molecule has 0 heterocycles. The van der Waals surface area contributed by atoms with Crippen LogP contribution in [0.3, 0.4) is 0 Å². The minimum absolute atomic E-state index is 0.0171. The zero-order chi connectivity index (χ0) is 13.1. The van der Waals surface area contributed by atoms with Gasteiger partial charge in [0.2, 0.25) is 0 Å². The Hall–Kier alpha value is -2.43. The molecule has 18 heavy (non-hydrogen) atoms. The van der Waals surface area contributed by atoms with E-state index in [4.69, 9.17) is 5.11 Å². The van der Waals surface area contributed by atoms with Crippen LogP contribution in [0.5, 0.6) is 5.75 Å². The third-order valence-corrected chi connectivity index (χ3v) is 2.31. The fourth-order valence-electron chi connectivity index (χ4n) is 1.40. The molecule has 0 aliphatic rings. The summed E-state index contributed by atoms with van der Waals surface area (Å²) in [6.45, 7) is 0. The monoisotopic (exact) mass is 249 g/mol. The molecule has 0 fully saturated rings. The quantitative estimate of drug-likeness (QED) is 0.859. The molecule has 0 unspecified atom stereocenters. The van der Waals surface area contributed by atoms with Gasteiger partial charge in [0.05, 0.1) is 5.69 Å². The normalized spacial score (nSPS) is 10.1. The molecule has 92 valence electrons. The van der Waals surface area contributed by atoms with E-state index in [2.05, 4.69) is 5.32 Å². The average molecular weight is 249 g/mol. The van der Waals surface area contributed by atoms with E-state index in [0.717, 1.165) is 18.2 Å². The summed E-state index contributed by atoms with van der Waals surface area (Å²) in [5.74, 6) is -1.93. The average Bonchev–Trinajstić information content (AvgIpc) is 2.34. The number of carbonyl (C=O) groups is 1. The Labute approximate surface area is 102 Å².